The highest BCUT2D eigenvalue weighted by Crippen LogP contribution is 2.15. The second kappa shape index (κ2) is 3.92. The van der Waals surface area contributed by atoms with Gasteiger partial charge >= 0.3 is 5.37 Å². The number of nitrogens with zero attached hydrogens (tertiary/aromatic N) is 2. The van der Waals surface area contributed by atoms with Gasteiger partial charge in [-0.3, -0.25) is 4.79 Å². The van der Waals surface area contributed by atoms with Crippen molar-refractivity contribution in [2.75, 3.05) is 0 Å². The number of hydrogen-bond donors (Lipinski definition) is 0. The third-order valence-electron chi connectivity index (χ3n) is 2.11. The van der Waals surface area contributed by atoms with Gasteiger partial charge in [-0.25, -0.2) is 0 Å². The maximum absolute atomic E-state index is 10.9. The van der Waals surface area contributed by atoms with Gasteiger partial charge in [-0.05, 0) is 37.4 Å². The molecular formula is C9H13ClN2O. The highest BCUT2D eigenvalue weighted by Gasteiger charge is 2.13. The first-order chi connectivity index (χ1) is 6.07. The molecule has 0 bridgehead atoms. The highest BCUT2D eigenvalue weighted by atomic mass is 35.5. The minimum absolute atomic E-state index is 0.539. The molecule has 0 radical (unpaired) electrons. The molecule has 0 spiro atoms. The van der Waals surface area contributed by atoms with Crippen molar-refractivity contribution in [1.82, 2.24) is 9.78 Å². The van der Waals surface area contributed by atoms with Crippen molar-refractivity contribution in [3.05, 3.63) is 17.0 Å². The lowest BCUT2D eigenvalue weighted by Gasteiger charge is -1.98. The third-order valence-corrected chi connectivity index (χ3v) is 2.27. The number of carbonyl (C=O) groups is 1. The third kappa shape index (κ3) is 1.91. The molecule has 1 aromatic heterocycles. The van der Waals surface area contributed by atoms with E-state index < -0.39 is 5.37 Å². The number of halogens is 1. The Kier molecular flexibility index (Phi) is 3.09. The van der Waals surface area contributed by atoms with Crippen LogP contribution in [-0.4, -0.2) is 15.1 Å². The van der Waals surface area contributed by atoms with Gasteiger partial charge < -0.3 is 0 Å². The van der Waals surface area contributed by atoms with E-state index in [2.05, 4.69) is 12.0 Å². The molecular weight excluding hydrogens is 188 g/mol. The fourth-order valence-corrected chi connectivity index (χ4v) is 1.62. The van der Waals surface area contributed by atoms with Crippen molar-refractivity contribution < 1.29 is 4.79 Å². The van der Waals surface area contributed by atoms with Crippen LogP contribution in [-0.2, 0) is 6.42 Å². The van der Waals surface area contributed by atoms with E-state index in [1.165, 1.54) is 4.68 Å². The van der Waals surface area contributed by atoms with Crippen LogP contribution in [0.3, 0.4) is 0 Å². The van der Waals surface area contributed by atoms with Crippen molar-refractivity contribution in [3.8, 4) is 0 Å². The van der Waals surface area contributed by atoms with E-state index in [9.17, 15) is 4.79 Å². The molecule has 0 amide bonds. The summed E-state index contributed by atoms with van der Waals surface area (Å²) in [6, 6.07) is 0. The van der Waals surface area contributed by atoms with E-state index in [-0.39, 0.29) is 0 Å². The number of carbonyl (C=O) groups excluding carboxylic acids is 1. The fraction of sp³-hybridized carbons (Fsp3) is 0.556. The molecule has 0 atom stereocenters. The van der Waals surface area contributed by atoms with Crippen LogP contribution >= 0.6 is 11.6 Å². The maximum atomic E-state index is 10.9. The van der Waals surface area contributed by atoms with Gasteiger partial charge in [0.2, 0.25) is 0 Å². The van der Waals surface area contributed by atoms with Crippen molar-refractivity contribution in [2.45, 2.75) is 33.6 Å². The molecule has 0 aliphatic heterocycles. The van der Waals surface area contributed by atoms with Gasteiger partial charge in [-0.2, -0.15) is 9.78 Å². The van der Waals surface area contributed by atoms with Gasteiger partial charge in [-0.15, -0.1) is 0 Å². The molecule has 72 valence electrons. The van der Waals surface area contributed by atoms with Gasteiger partial charge in [0.25, 0.3) is 0 Å². The van der Waals surface area contributed by atoms with E-state index in [1.807, 2.05) is 13.8 Å². The standard InChI is InChI=1S/C9H13ClN2O/c1-4-5-8-6(2)11-12(7(8)3)9(10)13/h4-5H2,1-3H3. The number of rotatable bonds is 2. The second-order valence-corrected chi connectivity index (χ2v) is 3.39. The monoisotopic (exact) mass is 200 g/mol. The summed E-state index contributed by atoms with van der Waals surface area (Å²) in [5.41, 5.74) is 2.89. The number of aryl methyl sites for hydroxylation is 1. The summed E-state index contributed by atoms with van der Waals surface area (Å²) in [5, 5.41) is 3.52. The smallest absolute Gasteiger partial charge is 0.253 e. The largest absolute Gasteiger partial charge is 0.341 e. The SMILES string of the molecule is CCCc1c(C)nn(C(=O)Cl)c1C. The molecule has 0 aromatic carbocycles. The first-order valence-corrected chi connectivity index (χ1v) is 4.70. The zero-order valence-electron chi connectivity index (χ0n) is 8.09. The highest BCUT2D eigenvalue weighted by molar-refractivity contribution is 6.63. The van der Waals surface area contributed by atoms with Crippen molar-refractivity contribution in [3.63, 3.8) is 0 Å². The summed E-state index contributed by atoms with van der Waals surface area (Å²) < 4.78 is 1.25. The summed E-state index contributed by atoms with van der Waals surface area (Å²) in [4.78, 5) is 10.9. The molecule has 0 unspecified atom stereocenters. The molecule has 1 heterocycles. The summed E-state index contributed by atoms with van der Waals surface area (Å²) in [6.45, 7) is 5.86. The minimum Gasteiger partial charge on any atom is -0.253 e. The summed E-state index contributed by atoms with van der Waals surface area (Å²) >= 11 is 5.36. The lowest BCUT2D eigenvalue weighted by molar-refractivity contribution is 0.258. The first kappa shape index (κ1) is 10.3. The average Bonchev–Trinajstić information content (AvgIpc) is 2.32. The van der Waals surface area contributed by atoms with Crippen LogP contribution < -0.4 is 0 Å². The normalized spacial score (nSPS) is 10.5. The summed E-state index contributed by atoms with van der Waals surface area (Å²) in [6.07, 6.45) is 1.99. The van der Waals surface area contributed by atoms with Gasteiger partial charge in [0.1, 0.15) is 0 Å². The van der Waals surface area contributed by atoms with Gasteiger partial charge in [0, 0.05) is 5.69 Å². The van der Waals surface area contributed by atoms with E-state index in [4.69, 9.17) is 11.6 Å². The molecule has 0 N–H and O–H groups in total. The fourth-order valence-electron chi connectivity index (χ4n) is 1.46. The molecule has 1 rings (SSSR count). The second-order valence-electron chi connectivity index (χ2n) is 3.06. The molecule has 0 aliphatic rings. The zero-order chi connectivity index (χ0) is 10.0. The number of hydrogen-bond acceptors (Lipinski definition) is 2. The van der Waals surface area contributed by atoms with E-state index in [0.29, 0.717) is 0 Å². The van der Waals surface area contributed by atoms with Crippen molar-refractivity contribution in [2.24, 2.45) is 0 Å². The van der Waals surface area contributed by atoms with Crippen LogP contribution in [0.1, 0.15) is 30.3 Å². The molecule has 0 saturated carbocycles. The molecule has 0 aliphatic carbocycles. The first-order valence-electron chi connectivity index (χ1n) is 4.32. The Bertz CT molecular complexity index is 331. The lowest BCUT2D eigenvalue weighted by Crippen LogP contribution is -2.06. The van der Waals surface area contributed by atoms with Crippen molar-refractivity contribution in [1.29, 1.82) is 0 Å². The van der Waals surface area contributed by atoms with Gasteiger partial charge in [0.15, 0.2) is 0 Å². The Morgan fingerprint density at radius 3 is 2.54 bits per heavy atom. The van der Waals surface area contributed by atoms with E-state index in [0.717, 1.165) is 29.8 Å². The van der Waals surface area contributed by atoms with Crippen LogP contribution in [0.2, 0.25) is 0 Å². The Balaban J connectivity index is 3.14. The maximum Gasteiger partial charge on any atom is 0.341 e. The summed E-state index contributed by atoms with van der Waals surface area (Å²) in [7, 11) is 0. The summed E-state index contributed by atoms with van der Waals surface area (Å²) in [5.74, 6) is 0. The Morgan fingerprint density at radius 2 is 2.15 bits per heavy atom. The Hall–Kier alpha value is -0.830. The Labute approximate surface area is 82.7 Å². The lowest BCUT2D eigenvalue weighted by atomic mass is 10.1. The van der Waals surface area contributed by atoms with E-state index in [1.54, 1.807) is 0 Å². The Morgan fingerprint density at radius 1 is 1.54 bits per heavy atom. The predicted octanol–water partition coefficient (Wildman–Crippen LogP) is 2.66. The molecule has 13 heavy (non-hydrogen) atoms. The predicted molar refractivity (Wildman–Crippen MR) is 52.3 cm³/mol. The number of aromatic nitrogens is 2. The molecule has 0 fully saturated rings. The van der Waals surface area contributed by atoms with Crippen LogP contribution in [0.25, 0.3) is 0 Å². The quantitative estimate of drug-likeness (QED) is 0.688. The van der Waals surface area contributed by atoms with Gasteiger partial charge in [0.05, 0.1) is 5.69 Å². The van der Waals surface area contributed by atoms with E-state index >= 15 is 0 Å². The topological polar surface area (TPSA) is 34.9 Å². The van der Waals surface area contributed by atoms with Crippen LogP contribution in [0.4, 0.5) is 4.79 Å². The minimum atomic E-state index is -0.539. The zero-order valence-corrected chi connectivity index (χ0v) is 8.85. The average molecular weight is 201 g/mol. The van der Waals surface area contributed by atoms with Crippen LogP contribution in [0.15, 0.2) is 0 Å². The molecule has 0 saturated heterocycles. The van der Waals surface area contributed by atoms with Crippen molar-refractivity contribution >= 4 is 17.0 Å². The molecule has 1 aromatic rings. The van der Waals surface area contributed by atoms with Gasteiger partial charge in [-0.1, -0.05) is 13.3 Å². The van der Waals surface area contributed by atoms with Crippen LogP contribution in [0, 0.1) is 13.8 Å². The molecule has 4 heteroatoms. The van der Waals surface area contributed by atoms with Crippen LogP contribution in [0.5, 0.6) is 0 Å². The molecule has 3 nitrogen and oxygen atoms in total.